The molecular formula is C25H29N5O3S2. The topological polar surface area (TPSA) is 112 Å². The fourth-order valence-electron chi connectivity index (χ4n) is 4.10. The number of primary amides is 1. The highest BCUT2D eigenvalue weighted by Gasteiger charge is 2.27. The van der Waals surface area contributed by atoms with Crippen molar-refractivity contribution in [1.82, 2.24) is 14.8 Å². The summed E-state index contributed by atoms with van der Waals surface area (Å²) in [5, 5.41) is 12.6. The van der Waals surface area contributed by atoms with Gasteiger partial charge >= 0.3 is 0 Å². The van der Waals surface area contributed by atoms with Crippen LogP contribution in [0.2, 0.25) is 0 Å². The molecule has 3 N–H and O–H groups in total. The van der Waals surface area contributed by atoms with E-state index in [1.807, 2.05) is 35.8 Å². The van der Waals surface area contributed by atoms with Crippen molar-refractivity contribution in [2.24, 2.45) is 11.7 Å². The summed E-state index contributed by atoms with van der Waals surface area (Å²) < 4.78 is 7.80. The minimum absolute atomic E-state index is 0.116. The molecule has 1 aliphatic carbocycles. The molecule has 3 aromatic rings. The molecule has 0 fully saturated rings. The van der Waals surface area contributed by atoms with Gasteiger partial charge in [0.2, 0.25) is 5.91 Å². The summed E-state index contributed by atoms with van der Waals surface area (Å²) in [4.78, 5) is 26.1. The number of carbonyl (C=O) groups is 2. The van der Waals surface area contributed by atoms with Crippen molar-refractivity contribution in [2.45, 2.75) is 51.4 Å². The number of hydrogen-bond acceptors (Lipinski definition) is 7. The number of nitrogens with one attached hydrogen (secondary N) is 1. The first-order chi connectivity index (χ1) is 16.9. The van der Waals surface area contributed by atoms with Gasteiger partial charge in [0.05, 0.1) is 11.3 Å². The fraction of sp³-hybridized carbons (Fsp3) is 0.360. The van der Waals surface area contributed by atoms with Crippen LogP contribution >= 0.6 is 23.1 Å². The van der Waals surface area contributed by atoms with Crippen molar-refractivity contribution in [2.75, 3.05) is 11.1 Å². The summed E-state index contributed by atoms with van der Waals surface area (Å²) in [7, 11) is 0. The monoisotopic (exact) mass is 511 g/mol. The van der Waals surface area contributed by atoms with Crippen LogP contribution in [0.4, 0.5) is 5.00 Å². The van der Waals surface area contributed by atoms with Crippen LogP contribution in [0, 0.1) is 12.8 Å². The lowest BCUT2D eigenvalue weighted by molar-refractivity contribution is -0.113. The number of fused-ring (bicyclic) bond motifs is 1. The van der Waals surface area contributed by atoms with E-state index in [1.165, 1.54) is 23.1 Å². The van der Waals surface area contributed by atoms with Gasteiger partial charge in [-0.05, 0) is 49.3 Å². The standard InChI is InChI=1S/C25H29N5O3S2/c1-4-11-30-20(13-33-18-8-6-5-7-16(18)3)28-29-25(30)34-14-21(31)27-24-22(23(26)32)17-10-9-15(2)12-19(17)35-24/h4-8,15H,1,9-14H2,2-3H3,(H2,26,32)(H,27,31). The van der Waals surface area contributed by atoms with E-state index in [0.29, 0.717) is 34.0 Å². The number of hydrogen-bond donors (Lipinski definition) is 2. The number of aromatic nitrogens is 3. The van der Waals surface area contributed by atoms with Crippen LogP contribution in [0.3, 0.4) is 0 Å². The van der Waals surface area contributed by atoms with Crippen LogP contribution < -0.4 is 15.8 Å². The number of benzene rings is 1. The van der Waals surface area contributed by atoms with Gasteiger partial charge in [0.1, 0.15) is 17.4 Å². The summed E-state index contributed by atoms with van der Waals surface area (Å²) in [6.07, 6.45) is 4.49. The van der Waals surface area contributed by atoms with Crippen LogP contribution in [0.1, 0.15) is 45.5 Å². The van der Waals surface area contributed by atoms with Gasteiger partial charge in [0, 0.05) is 11.4 Å². The van der Waals surface area contributed by atoms with Crippen molar-refractivity contribution < 1.29 is 14.3 Å². The maximum absolute atomic E-state index is 12.8. The Morgan fingerprint density at radius 3 is 2.91 bits per heavy atom. The second-order valence-corrected chi connectivity index (χ2v) is 10.7. The molecule has 2 heterocycles. The summed E-state index contributed by atoms with van der Waals surface area (Å²) in [5.41, 5.74) is 8.15. The van der Waals surface area contributed by atoms with Crippen molar-refractivity contribution in [3.05, 3.63) is 64.3 Å². The van der Waals surface area contributed by atoms with Gasteiger partial charge < -0.3 is 15.8 Å². The third kappa shape index (κ3) is 5.76. The van der Waals surface area contributed by atoms with Crippen molar-refractivity contribution >= 4 is 39.9 Å². The number of nitrogens with zero attached hydrogens (tertiary/aromatic N) is 3. The number of allylic oxidation sites excluding steroid dienone is 1. The Morgan fingerprint density at radius 1 is 1.37 bits per heavy atom. The Hall–Kier alpha value is -3.11. The van der Waals surface area contributed by atoms with E-state index < -0.39 is 5.91 Å². The molecule has 4 rings (SSSR count). The molecule has 2 aromatic heterocycles. The van der Waals surface area contributed by atoms with Crippen molar-refractivity contribution in [3.63, 3.8) is 0 Å². The molecule has 0 spiro atoms. The Kier molecular flexibility index (Phi) is 7.92. The van der Waals surface area contributed by atoms with Gasteiger partial charge in [0.25, 0.3) is 5.91 Å². The molecule has 1 unspecified atom stereocenters. The molecular weight excluding hydrogens is 482 g/mol. The van der Waals surface area contributed by atoms with Gasteiger partial charge in [0.15, 0.2) is 11.0 Å². The molecule has 0 aliphatic heterocycles. The van der Waals surface area contributed by atoms with Crippen LogP contribution in [0.25, 0.3) is 0 Å². The van der Waals surface area contributed by atoms with E-state index >= 15 is 0 Å². The van der Waals surface area contributed by atoms with Crippen LogP contribution in [-0.4, -0.2) is 32.3 Å². The zero-order chi connectivity index (χ0) is 24.9. The lowest BCUT2D eigenvalue weighted by Gasteiger charge is -2.18. The van der Waals surface area contributed by atoms with Crippen molar-refractivity contribution in [3.8, 4) is 5.75 Å². The normalized spacial score (nSPS) is 14.9. The molecule has 0 bridgehead atoms. The Labute approximate surface area is 213 Å². The summed E-state index contributed by atoms with van der Waals surface area (Å²) in [5.74, 6) is 1.38. The zero-order valence-corrected chi connectivity index (χ0v) is 21.5. The molecule has 184 valence electrons. The lowest BCUT2D eigenvalue weighted by atomic mass is 9.88. The number of nitrogens with two attached hydrogens (primary N) is 1. The smallest absolute Gasteiger partial charge is 0.251 e. The summed E-state index contributed by atoms with van der Waals surface area (Å²) in [6, 6.07) is 7.77. The second-order valence-electron chi connectivity index (χ2n) is 8.61. The van der Waals surface area contributed by atoms with Crippen molar-refractivity contribution in [1.29, 1.82) is 0 Å². The van der Waals surface area contributed by atoms with Gasteiger partial charge in [-0.3, -0.25) is 14.2 Å². The Balaban J connectivity index is 1.42. The van der Waals surface area contributed by atoms with Gasteiger partial charge in [-0.2, -0.15) is 0 Å². The average molecular weight is 512 g/mol. The summed E-state index contributed by atoms with van der Waals surface area (Å²) >= 11 is 2.73. The maximum Gasteiger partial charge on any atom is 0.251 e. The number of ether oxygens (including phenoxy) is 1. The third-order valence-corrected chi connectivity index (χ3v) is 8.04. The largest absolute Gasteiger partial charge is 0.485 e. The SMILES string of the molecule is C=CCn1c(COc2ccccc2C)nnc1SCC(=O)Nc1sc2c(c1C(N)=O)CCC(C)C2. The van der Waals surface area contributed by atoms with E-state index in [2.05, 4.69) is 29.0 Å². The average Bonchev–Trinajstić information content (AvgIpc) is 3.37. The van der Waals surface area contributed by atoms with Crippen LogP contribution in [-0.2, 0) is 30.8 Å². The first-order valence-electron chi connectivity index (χ1n) is 11.5. The van der Waals surface area contributed by atoms with Crippen LogP contribution in [0.15, 0.2) is 42.1 Å². The zero-order valence-electron chi connectivity index (χ0n) is 19.9. The molecule has 8 nitrogen and oxygen atoms in total. The van der Waals surface area contributed by atoms with Gasteiger partial charge in [-0.1, -0.05) is 43.0 Å². The molecule has 2 amide bonds. The molecule has 0 saturated carbocycles. The van der Waals surface area contributed by atoms with E-state index in [0.717, 1.165) is 41.0 Å². The Bertz CT molecular complexity index is 1250. The molecule has 1 atom stereocenters. The quantitative estimate of drug-likeness (QED) is 0.309. The molecule has 35 heavy (non-hydrogen) atoms. The molecule has 0 radical (unpaired) electrons. The number of rotatable bonds is 10. The predicted octanol–water partition coefficient (Wildman–Crippen LogP) is 4.37. The highest BCUT2D eigenvalue weighted by molar-refractivity contribution is 7.99. The highest BCUT2D eigenvalue weighted by Crippen LogP contribution is 2.39. The number of thiophene rings is 1. The minimum atomic E-state index is -0.496. The molecule has 10 heteroatoms. The molecule has 0 saturated heterocycles. The van der Waals surface area contributed by atoms with Gasteiger partial charge in [-0.25, -0.2) is 0 Å². The first kappa shape index (κ1) is 25.0. The number of aryl methyl sites for hydroxylation is 1. The fourth-order valence-corrected chi connectivity index (χ4v) is 6.30. The minimum Gasteiger partial charge on any atom is -0.485 e. The maximum atomic E-state index is 12.8. The highest BCUT2D eigenvalue weighted by atomic mass is 32.2. The van der Waals surface area contributed by atoms with E-state index in [1.54, 1.807) is 6.08 Å². The van der Waals surface area contributed by atoms with Gasteiger partial charge in [-0.15, -0.1) is 28.1 Å². The third-order valence-electron chi connectivity index (χ3n) is 5.90. The van der Waals surface area contributed by atoms with E-state index in [-0.39, 0.29) is 18.3 Å². The van der Waals surface area contributed by atoms with Crippen LogP contribution in [0.5, 0.6) is 5.75 Å². The number of anilines is 1. The first-order valence-corrected chi connectivity index (χ1v) is 13.3. The number of para-hydroxylation sites is 1. The molecule has 1 aliphatic rings. The number of amides is 2. The molecule has 1 aromatic carbocycles. The summed E-state index contributed by atoms with van der Waals surface area (Å²) in [6.45, 7) is 8.74. The number of thioether (sulfide) groups is 1. The number of carbonyl (C=O) groups excluding carboxylic acids is 2. The lowest BCUT2D eigenvalue weighted by Crippen LogP contribution is -2.20. The predicted molar refractivity (Wildman–Crippen MR) is 139 cm³/mol. The second kappa shape index (κ2) is 11.1. The Morgan fingerprint density at radius 2 is 2.17 bits per heavy atom. The van der Waals surface area contributed by atoms with E-state index in [9.17, 15) is 9.59 Å². The van der Waals surface area contributed by atoms with E-state index in [4.69, 9.17) is 10.5 Å².